The van der Waals surface area contributed by atoms with E-state index in [-0.39, 0.29) is 17.0 Å². The highest BCUT2D eigenvalue weighted by atomic mass is 32.2. The van der Waals surface area contributed by atoms with Gasteiger partial charge >= 0.3 is 0 Å². The number of carbonyl (C=O) groups excluding carboxylic acids is 1. The predicted molar refractivity (Wildman–Crippen MR) is 135 cm³/mol. The zero-order valence-electron chi connectivity index (χ0n) is 19.3. The number of thioether (sulfide) groups is 1. The van der Waals surface area contributed by atoms with Crippen LogP contribution in [0.15, 0.2) is 9.70 Å². The summed E-state index contributed by atoms with van der Waals surface area (Å²) in [5.41, 5.74) is 1.30. The lowest BCUT2D eigenvalue weighted by molar-refractivity contribution is -0.121. The van der Waals surface area contributed by atoms with E-state index in [1.807, 2.05) is 19.9 Å². The quantitative estimate of drug-likeness (QED) is 0.445. The monoisotopic (exact) mass is 473 g/mol. The summed E-state index contributed by atoms with van der Waals surface area (Å²) in [6.45, 7) is 13.4. The molecule has 0 aliphatic carbocycles. The number of aromatic nitrogens is 1. The Kier molecular flexibility index (Phi) is 8.15. The normalized spacial score (nSPS) is 18.7. The molecule has 1 aromatic rings. The molecule has 2 saturated heterocycles. The van der Waals surface area contributed by atoms with Crippen LogP contribution < -0.4 is 10.5 Å². The Labute approximate surface area is 199 Å². The molecule has 2 aliphatic rings. The van der Waals surface area contributed by atoms with Gasteiger partial charge in [-0.1, -0.05) is 44.2 Å². The van der Waals surface area contributed by atoms with Crippen LogP contribution in [0.1, 0.15) is 50.3 Å². The van der Waals surface area contributed by atoms with Crippen molar-refractivity contribution in [3.8, 4) is 6.07 Å². The molecule has 172 valence electrons. The molecule has 3 rings (SSSR count). The molecule has 0 unspecified atom stereocenters. The summed E-state index contributed by atoms with van der Waals surface area (Å²) in [4.78, 5) is 32.9. The van der Waals surface area contributed by atoms with Crippen molar-refractivity contribution in [3.05, 3.63) is 31.9 Å². The minimum absolute atomic E-state index is 0.117. The van der Waals surface area contributed by atoms with E-state index in [0.29, 0.717) is 27.9 Å². The van der Waals surface area contributed by atoms with E-state index in [4.69, 9.17) is 12.2 Å². The molecule has 0 bridgehead atoms. The molecule has 1 aromatic heterocycles. The number of rotatable bonds is 7. The van der Waals surface area contributed by atoms with Gasteiger partial charge in [0.25, 0.3) is 11.5 Å². The molecule has 2 aliphatic heterocycles. The zero-order valence-corrected chi connectivity index (χ0v) is 20.9. The number of carbonyl (C=O) groups is 1. The van der Waals surface area contributed by atoms with Gasteiger partial charge in [-0.2, -0.15) is 5.26 Å². The van der Waals surface area contributed by atoms with Gasteiger partial charge < -0.3 is 9.80 Å². The van der Waals surface area contributed by atoms with Gasteiger partial charge in [-0.3, -0.25) is 19.1 Å². The van der Waals surface area contributed by atoms with Crippen LogP contribution in [0.2, 0.25) is 0 Å². The molecular weight excluding hydrogens is 442 g/mol. The Morgan fingerprint density at radius 2 is 1.81 bits per heavy atom. The van der Waals surface area contributed by atoms with E-state index in [1.54, 1.807) is 9.47 Å². The second kappa shape index (κ2) is 10.6. The third-order valence-electron chi connectivity index (χ3n) is 6.17. The average molecular weight is 474 g/mol. The van der Waals surface area contributed by atoms with Gasteiger partial charge in [0.1, 0.15) is 21.8 Å². The van der Waals surface area contributed by atoms with Gasteiger partial charge in [0.05, 0.1) is 4.91 Å². The lowest BCUT2D eigenvalue weighted by atomic mass is 10.0. The Balaban J connectivity index is 2.21. The smallest absolute Gasteiger partial charge is 0.270 e. The Hall–Kier alpha value is -2.15. The highest BCUT2D eigenvalue weighted by molar-refractivity contribution is 8.26. The second-order valence-corrected chi connectivity index (χ2v) is 9.68. The molecule has 0 atom stereocenters. The summed E-state index contributed by atoms with van der Waals surface area (Å²) < 4.78 is 2.29. The molecule has 7 nitrogen and oxygen atoms in total. The molecule has 9 heteroatoms. The van der Waals surface area contributed by atoms with Crippen LogP contribution in [0.3, 0.4) is 0 Å². The average Bonchev–Trinajstić information content (AvgIpc) is 3.07. The standard InChI is InChI=1S/C23H31N5O2S2/c1-5-8-9-28-20(26-12-10-25(6-2)11-13-26)17(16(4)18(15-24)21(28)29)14-19-22(30)27(7-3)23(31)32-19/h14H,5-13H2,1-4H3. The molecule has 2 fully saturated rings. The number of thiocarbonyl (C=S) groups is 1. The van der Waals surface area contributed by atoms with Crippen LogP contribution >= 0.6 is 24.0 Å². The summed E-state index contributed by atoms with van der Waals surface area (Å²) in [6, 6.07) is 2.11. The van der Waals surface area contributed by atoms with Crippen LogP contribution in [0.4, 0.5) is 5.82 Å². The maximum atomic E-state index is 13.3. The van der Waals surface area contributed by atoms with E-state index >= 15 is 0 Å². The molecule has 0 spiro atoms. The summed E-state index contributed by atoms with van der Waals surface area (Å²) in [5.74, 6) is 0.700. The minimum atomic E-state index is -0.246. The Morgan fingerprint density at radius 3 is 2.34 bits per heavy atom. The van der Waals surface area contributed by atoms with Gasteiger partial charge in [-0.25, -0.2) is 0 Å². The van der Waals surface area contributed by atoms with Crippen molar-refractivity contribution in [2.24, 2.45) is 0 Å². The van der Waals surface area contributed by atoms with Crippen molar-refractivity contribution in [1.82, 2.24) is 14.4 Å². The Bertz CT molecular complexity index is 1030. The highest BCUT2D eigenvalue weighted by Gasteiger charge is 2.32. The molecule has 3 heterocycles. The number of piperazine rings is 1. The van der Waals surface area contributed by atoms with Crippen LogP contribution in [-0.2, 0) is 11.3 Å². The molecule has 0 N–H and O–H groups in total. The zero-order chi connectivity index (χ0) is 23.4. The van der Waals surface area contributed by atoms with Crippen molar-refractivity contribution in [3.63, 3.8) is 0 Å². The first kappa shape index (κ1) is 24.5. The van der Waals surface area contributed by atoms with Crippen molar-refractivity contribution in [2.45, 2.75) is 47.1 Å². The Morgan fingerprint density at radius 1 is 1.12 bits per heavy atom. The van der Waals surface area contributed by atoms with E-state index < -0.39 is 0 Å². The topological polar surface area (TPSA) is 72.6 Å². The van der Waals surface area contributed by atoms with Crippen molar-refractivity contribution in [2.75, 3.05) is 44.2 Å². The fourth-order valence-corrected chi connectivity index (χ4v) is 5.55. The third kappa shape index (κ3) is 4.63. The number of nitrogens with zero attached hydrogens (tertiary/aromatic N) is 5. The van der Waals surface area contributed by atoms with E-state index in [9.17, 15) is 14.9 Å². The SMILES string of the molecule is CCCCn1c(N2CCN(CC)CC2)c(C=C2SC(=S)N(CC)C2=O)c(C)c(C#N)c1=O. The van der Waals surface area contributed by atoms with Gasteiger partial charge in [-0.15, -0.1) is 0 Å². The van der Waals surface area contributed by atoms with Gasteiger partial charge in [0, 0.05) is 44.8 Å². The molecular formula is C23H31N5O2S2. The maximum absolute atomic E-state index is 13.3. The van der Waals surface area contributed by atoms with Gasteiger partial charge in [0.2, 0.25) is 0 Å². The molecule has 32 heavy (non-hydrogen) atoms. The van der Waals surface area contributed by atoms with E-state index in [1.165, 1.54) is 11.8 Å². The summed E-state index contributed by atoms with van der Waals surface area (Å²) in [6.07, 6.45) is 3.62. The number of pyridine rings is 1. The van der Waals surface area contributed by atoms with Crippen molar-refractivity contribution >= 4 is 46.1 Å². The molecule has 0 aromatic carbocycles. The molecule has 0 radical (unpaired) electrons. The van der Waals surface area contributed by atoms with E-state index in [2.05, 4.69) is 29.7 Å². The summed E-state index contributed by atoms with van der Waals surface area (Å²) in [5, 5.41) is 9.77. The number of amides is 1. The first-order chi connectivity index (χ1) is 15.4. The lowest BCUT2D eigenvalue weighted by Gasteiger charge is -2.37. The van der Waals surface area contributed by atoms with E-state index in [0.717, 1.165) is 56.9 Å². The van der Waals surface area contributed by atoms with Crippen LogP contribution in [0.5, 0.6) is 0 Å². The minimum Gasteiger partial charge on any atom is -0.355 e. The first-order valence-electron chi connectivity index (χ1n) is 11.3. The number of hydrogen-bond donors (Lipinski definition) is 0. The highest BCUT2D eigenvalue weighted by Crippen LogP contribution is 2.36. The lowest BCUT2D eigenvalue weighted by Crippen LogP contribution is -2.48. The number of anilines is 1. The number of unbranched alkanes of at least 4 members (excludes halogenated alkanes) is 1. The molecule has 0 saturated carbocycles. The van der Waals surface area contributed by atoms with Gasteiger partial charge in [0.15, 0.2) is 0 Å². The fourth-order valence-electron chi connectivity index (χ4n) is 4.19. The third-order valence-corrected chi connectivity index (χ3v) is 7.54. The predicted octanol–water partition coefficient (Wildman–Crippen LogP) is 3.19. The van der Waals surface area contributed by atoms with Crippen LogP contribution in [-0.4, -0.2) is 63.9 Å². The summed E-state index contributed by atoms with van der Waals surface area (Å²) in [7, 11) is 0. The fraction of sp³-hybridized carbons (Fsp3) is 0.565. The maximum Gasteiger partial charge on any atom is 0.270 e. The van der Waals surface area contributed by atoms with Crippen molar-refractivity contribution < 1.29 is 4.79 Å². The first-order valence-corrected chi connectivity index (χ1v) is 12.5. The van der Waals surface area contributed by atoms with Crippen molar-refractivity contribution in [1.29, 1.82) is 5.26 Å². The van der Waals surface area contributed by atoms with Crippen LogP contribution in [0, 0.1) is 18.3 Å². The summed E-state index contributed by atoms with van der Waals surface area (Å²) >= 11 is 6.67. The molecule has 1 amide bonds. The van der Waals surface area contributed by atoms with Gasteiger partial charge in [-0.05, 0) is 38.5 Å². The van der Waals surface area contributed by atoms with Crippen LogP contribution in [0.25, 0.3) is 6.08 Å². The largest absolute Gasteiger partial charge is 0.355 e. The number of hydrogen-bond acceptors (Lipinski definition) is 7. The number of likely N-dealkylation sites (N-methyl/N-ethyl adjacent to an activating group) is 2. The second-order valence-electron chi connectivity index (χ2n) is 8.01. The number of nitriles is 1.